The van der Waals surface area contributed by atoms with Crippen LogP contribution in [-0.4, -0.2) is 59.4 Å². The number of carbonyl (C=O) groups excluding carboxylic acids is 2. The second-order valence-electron chi connectivity index (χ2n) is 9.30. The van der Waals surface area contributed by atoms with Crippen LogP contribution in [-0.2, 0) is 4.79 Å². The number of aromatic nitrogens is 2. The van der Waals surface area contributed by atoms with E-state index >= 15 is 0 Å². The number of carbonyl (C=O) groups is 2. The van der Waals surface area contributed by atoms with Gasteiger partial charge in [-0.15, -0.1) is 0 Å². The van der Waals surface area contributed by atoms with Crippen molar-refractivity contribution in [3.05, 3.63) is 53.3 Å². The topological polar surface area (TPSA) is 78.4 Å². The number of hydrogen-bond donors (Lipinski definition) is 1. The number of fused-ring (bicyclic) bond motifs is 1. The molecule has 2 atom stereocenters. The number of nitrogens with zero attached hydrogens (tertiary/aromatic N) is 4. The van der Waals surface area contributed by atoms with E-state index in [0.29, 0.717) is 48.6 Å². The third kappa shape index (κ3) is 4.18. The van der Waals surface area contributed by atoms with Gasteiger partial charge in [-0.05, 0) is 55.9 Å². The molecular weight excluding hydrogens is 426 g/mol. The molecule has 1 N–H and O–H groups in total. The SMILES string of the molecule is O=C(c1cccc(Cl)c1)N1CCC[C@]2(C(=O)NCC3CC3)CN(c3ncccn3)C[C@@H]2C1. The molecule has 2 aliphatic heterocycles. The van der Waals surface area contributed by atoms with Crippen LogP contribution >= 0.6 is 11.6 Å². The Labute approximate surface area is 193 Å². The molecule has 8 heteroatoms. The van der Waals surface area contributed by atoms with Crippen LogP contribution in [0.25, 0.3) is 0 Å². The van der Waals surface area contributed by atoms with Crippen molar-refractivity contribution >= 4 is 29.4 Å². The van der Waals surface area contributed by atoms with Crippen LogP contribution in [0.5, 0.6) is 0 Å². The normalized spacial score (nSPS) is 25.2. The lowest BCUT2D eigenvalue weighted by molar-refractivity contribution is -0.132. The molecule has 1 aromatic heterocycles. The van der Waals surface area contributed by atoms with Crippen molar-refractivity contribution in [3.63, 3.8) is 0 Å². The molecule has 2 amide bonds. The van der Waals surface area contributed by atoms with Gasteiger partial charge in [0.15, 0.2) is 0 Å². The summed E-state index contributed by atoms with van der Waals surface area (Å²) in [6.07, 6.45) is 7.38. The van der Waals surface area contributed by atoms with Crippen molar-refractivity contribution in [1.29, 1.82) is 0 Å². The van der Waals surface area contributed by atoms with E-state index in [1.54, 1.807) is 42.7 Å². The van der Waals surface area contributed by atoms with E-state index in [1.807, 2.05) is 4.90 Å². The molecule has 0 unspecified atom stereocenters. The summed E-state index contributed by atoms with van der Waals surface area (Å²) in [5.74, 6) is 1.36. The number of hydrogen-bond acceptors (Lipinski definition) is 5. The minimum Gasteiger partial charge on any atom is -0.355 e. The van der Waals surface area contributed by atoms with Gasteiger partial charge in [-0.25, -0.2) is 9.97 Å². The maximum atomic E-state index is 13.6. The van der Waals surface area contributed by atoms with Crippen LogP contribution in [0.3, 0.4) is 0 Å². The zero-order chi connectivity index (χ0) is 22.1. The summed E-state index contributed by atoms with van der Waals surface area (Å²) in [6, 6.07) is 8.87. The van der Waals surface area contributed by atoms with Crippen LogP contribution in [0.1, 0.15) is 36.0 Å². The molecule has 0 radical (unpaired) electrons. The lowest BCUT2D eigenvalue weighted by atomic mass is 9.74. The molecule has 3 heterocycles. The Morgan fingerprint density at radius 3 is 2.72 bits per heavy atom. The Morgan fingerprint density at radius 2 is 1.97 bits per heavy atom. The molecule has 3 aliphatic rings. The van der Waals surface area contributed by atoms with Gasteiger partial charge in [-0.3, -0.25) is 9.59 Å². The second-order valence-corrected chi connectivity index (χ2v) is 9.74. The number of benzene rings is 1. The van der Waals surface area contributed by atoms with Gasteiger partial charge in [-0.2, -0.15) is 0 Å². The third-order valence-electron chi connectivity index (χ3n) is 7.08. The highest BCUT2D eigenvalue weighted by Gasteiger charge is 2.54. The first-order chi connectivity index (χ1) is 15.5. The smallest absolute Gasteiger partial charge is 0.253 e. The van der Waals surface area contributed by atoms with Gasteiger partial charge in [0.2, 0.25) is 11.9 Å². The number of likely N-dealkylation sites (tertiary alicyclic amines) is 1. The van der Waals surface area contributed by atoms with E-state index in [1.165, 1.54) is 12.8 Å². The summed E-state index contributed by atoms with van der Waals surface area (Å²) < 4.78 is 0. The number of rotatable bonds is 5. The number of nitrogens with one attached hydrogen (secondary N) is 1. The van der Waals surface area contributed by atoms with E-state index in [4.69, 9.17) is 11.6 Å². The summed E-state index contributed by atoms with van der Waals surface area (Å²) in [5, 5.41) is 3.78. The molecule has 0 bridgehead atoms. The molecule has 1 aliphatic carbocycles. The van der Waals surface area contributed by atoms with Crippen LogP contribution in [0.15, 0.2) is 42.7 Å². The highest BCUT2D eigenvalue weighted by Crippen LogP contribution is 2.44. The van der Waals surface area contributed by atoms with Crippen molar-refractivity contribution in [2.75, 3.05) is 37.6 Å². The molecule has 3 fully saturated rings. The first-order valence-electron chi connectivity index (χ1n) is 11.4. The van der Waals surface area contributed by atoms with Crippen molar-refractivity contribution in [1.82, 2.24) is 20.2 Å². The van der Waals surface area contributed by atoms with Crippen LogP contribution in [0.2, 0.25) is 5.02 Å². The van der Waals surface area contributed by atoms with Gasteiger partial charge >= 0.3 is 0 Å². The van der Waals surface area contributed by atoms with Crippen molar-refractivity contribution in [3.8, 4) is 0 Å². The van der Waals surface area contributed by atoms with Crippen molar-refractivity contribution < 1.29 is 9.59 Å². The standard InChI is InChI=1S/C24H28ClN5O2/c25-20-5-1-4-18(12-20)21(31)29-11-2-8-24(22(32)28-13-17-6-7-17)16-30(15-19(24)14-29)23-26-9-3-10-27-23/h1,3-5,9-10,12,17,19H,2,6-8,11,13-16H2,(H,28,32)/t19-,24-/m0/s1. The molecule has 168 valence electrons. The maximum Gasteiger partial charge on any atom is 0.253 e. The molecule has 0 spiro atoms. The zero-order valence-electron chi connectivity index (χ0n) is 18.0. The summed E-state index contributed by atoms with van der Waals surface area (Å²) in [6.45, 7) is 3.16. The minimum atomic E-state index is -0.544. The van der Waals surface area contributed by atoms with E-state index < -0.39 is 5.41 Å². The molecule has 32 heavy (non-hydrogen) atoms. The first kappa shape index (κ1) is 21.2. The largest absolute Gasteiger partial charge is 0.355 e. The summed E-state index contributed by atoms with van der Waals surface area (Å²) in [4.78, 5) is 39.7. The highest BCUT2D eigenvalue weighted by molar-refractivity contribution is 6.30. The van der Waals surface area contributed by atoms with Gasteiger partial charge in [0.25, 0.3) is 5.91 Å². The molecule has 5 rings (SSSR count). The minimum absolute atomic E-state index is 0.0103. The molecular formula is C24H28ClN5O2. The molecule has 1 saturated carbocycles. The van der Waals surface area contributed by atoms with Crippen LogP contribution < -0.4 is 10.2 Å². The average Bonchev–Trinajstić information content (AvgIpc) is 3.60. The first-order valence-corrected chi connectivity index (χ1v) is 11.8. The van der Waals surface area contributed by atoms with Gasteiger partial charge in [0.1, 0.15) is 0 Å². The summed E-state index contributed by atoms with van der Waals surface area (Å²) in [5.41, 5.74) is 0.0432. The maximum absolute atomic E-state index is 13.6. The monoisotopic (exact) mass is 453 g/mol. The Kier molecular flexibility index (Phi) is 5.76. The Morgan fingerprint density at radius 1 is 1.16 bits per heavy atom. The Balaban J connectivity index is 1.41. The summed E-state index contributed by atoms with van der Waals surface area (Å²) in [7, 11) is 0. The Bertz CT molecular complexity index is 999. The summed E-state index contributed by atoms with van der Waals surface area (Å²) >= 11 is 6.12. The number of halogens is 1. The number of anilines is 1. The quantitative estimate of drug-likeness (QED) is 0.752. The molecule has 2 saturated heterocycles. The van der Waals surface area contributed by atoms with Gasteiger partial charge in [-0.1, -0.05) is 17.7 Å². The molecule has 1 aromatic carbocycles. The lowest BCUT2D eigenvalue weighted by Gasteiger charge is -2.32. The lowest BCUT2D eigenvalue weighted by Crippen LogP contribution is -2.48. The molecule has 2 aromatic rings. The van der Waals surface area contributed by atoms with E-state index in [0.717, 1.165) is 19.4 Å². The van der Waals surface area contributed by atoms with Gasteiger partial charge in [0, 0.05) is 61.6 Å². The van der Waals surface area contributed by atoms with Gasteiger partial charge < -0.3 is 15.1 Å². The number of amides is 2. The molecule has 7 nitrogen and oxygen atoms in total. The third-order valence-corrected chi connectivity index (χ3v) is 7.32. The fourth-order valence-electron chi connectivity index (χ4n) is 5.13. The fraction of sp³-hybridized carbons (Fsp3) is 0.500. The Hall–Kier alpha value is -2.67. The predicted octanol–water partition coefficient (Wildman–Crippen LogP) is 3.02. The average molecular weight is 454 g/mol. The van der Waals surface area contributed by atoms with Gasteiger partial charge in [0.05, 0.1) is 5.41 Å². The van der Waals surface area contributed by atoms with Crippen molar-refractivity contribution in [2.45, 2.75) is 25.7 Å². The fourth-order valence-corrected chi connectivity index (χ4v) is 5.32. The van der Waals surface area contributed by atoms with Crippen LogP contribution in [0.4, 0.5) is 5.95 Å². The van der Waals surface area contributed by atoms with Crippen molar-refractivity contribution in [2.24, 2.45) is 17.3 Å². The van der Waals surface area contributed by atoms with E-state index in [9.17, 15) is 9.59 Å². The van der Waals surface area contributed by atoms with Crippen LogP contribution in [0, 0.1) is 17.3 Å². The van der Waals surface area contributed by atoms with E-state index in [2.05, 4.69) is 20.2 Å². The zero-order valence-corrected chi connectivity index (χ0v) is 18.8. The second kappa shape index (κ2) is 8.70. The predicted molar refractivity (Wildman–Crippen MR) is 122 cm³/mol. The van der Waals surface area contributed by atoms with E-state index in [-0.39, 0.29) is 17.7 Å². The highest BCUT2D eigenvalue weighted by atomic mass is 35.5.